The maximum absolute atomic E-state index is 12.8. The van der Waals surface area contributed by atoms with Crippen molar-refractivity contribution in [3.8, 4) is 5.75 Å². The second-order valence-electron chi connectivity index (χ2n) is 5.74. The van der Waals surface area contributed by atoms with Crippen molar-refractivity contribution in [2.45, 2.75) is 11.7 Å². The number of para-hydroxylation sites is 2. The zero-order valence-electron chi connectivity index (χ0n) is 11.9. The monoisotopic (exact) mass is 301 g/mol. The van der Waals surface area contributed by atoms with Gasteiger partial charge in [0.2, 0.25) is 11.8 Å². The molecule has 3 heterocycles. The molecule has 0 spiro atoms. The van der Waals surface area contributed by atoms with Crippen molar-refractivity contribution in [1.82, 2.24) is 0 Å². The number of aliphatic hydroxyl groups excluding tert-OH is 1. The van der Waals surface area contributed by atoms with E-state index >= 15 is 0 Å². The summed E-state index contributed by atoms with van der Waals surface area (Å²) in [7, 11) is 1.49. The third-order valence-electron chi connectivity index (χ3n) is 4.73. The predicted octanol–water partition coefficient (Wildman–Crippen LogP) is 0.500. The molecule has 4 rings (SSSR count). The van der Waals surface area contributed by atoms with Crippen molar-refractivity contribution >= 4 is 17.5 Å². The average molecular weight is 301 g/mol. The molecule has 1 aromatic carbocycles. The van der Waals surface area contributed by atoms with Gasteiger partial charge in [0.25, 0.3) is 0 Å². The molecule has 1 aromatic rings. The van der Waals surface area contributed by atoms with Crippen LogP contribution in [0, 0.1) is 11.8 Å². The largest absolute Gasteiger partial charge is 0.495 e. The van der Waals surface area contributed by atoms with E-state index in [0.717, 1.165) is 0 Å². The van der Waals surface area contributed by atoms with Crippen LogP contribution in [0.25, 0.3) is 0 Å². The molecule has 2 amide bonds. The Morgan fingerprint density at radius 2 is 2.09 bits per heavy atom. The van der Waals surface area contributed by atoms with Gasteiger partial charge in [-0.3, -0.25) is 9.59 Å². The Labute approximate surface area is 126 Å². The molecule has 114 valence electrons. The number of carbonyl (C=O) groups excluding carboxylic acids is 2. The fourth-order valence-corrected chi connectivity index (χ4v) is 3.74. The summed E-state index contributed by atoms with van der Waals surface area (Å²) >= 11 is 0. The summed E-state index contributed by atoms with van der Waals surface area (Å²) in [4.78, 5) is 26.8. The predicted molar refractivity (Wildman–Crippen MR) is 76.3 cm³/mol. The molecule has 0 aliphatic carbocycles. The highest BCUT2D eigenvalue weighted by atomic mass is 16.5. The lowest BCUT2D eigenvalue weighted by molar-refractivity contribution is -0.128. The summed E-state index contributed by atoms with van der Waals surface area (Å²) in [6, 6.07) is 6.90. The number of rotatable bonds is 3. The Balaban J connectivity index is 1.80. The first-order chi connectivity index (χ1) is 10.6. The number of anilines is 1. The smallest absolute Gasteiger partial charge is 0.241 e. The number of hydrogen-bond acceptors (Lipinski definition) is 5. The van der Waals surface area contributed by atoms with Gasteiger partial charge in [0.05, 0.1) is 37.3 Å². The second kappa shape index (κ2) is 4.41. The third-order valence-corrected chi connectivity index (χ3v) is 4.73. The lowest BCUT2D eigenvalue weighted by Crippen LogP contribution is -2.43. The zero-order valence-corrected chi connectivity index (χ0v) is 11.9. The van der Waals surface area contributed by atoms with Gasteiger partial charge < -0.3 is 14.6 Å². The third kappa shape index (κ3) is 1.46. The molecular weight excluding hydrogens is 286 g/mol. The second-order valence-corrected chi connectivity index (χ2v) is 5.74. The van der Waals surface area contributed by atoms with E-state index in [9.17, 15) is 14.7 Å². The van der Waals surface area contributed by atoms with Gasteiger partial charge >= 0.3 is 0 Å². The van der Waals surface area contributed by atoms with Gasteiger partial charge in [-0.15, -0.1) is 0 Å². The van der Waals surface area contributed by atoms with E-state index in [1.54, 1.807) is 36.4 Å². The topological polar surface area (TPSA) is 76.1 Å². The van der Waals surface area contributed by atoms with E-state index in [-0.39, 0.29) is 18.4 Å². The fourth-order valence-electron chi connectivity index (χ4n) is 3.74. The molecule has 3 aliphatic rings. The zero-order chi connectivity index (χ0) is 15.5. The molecule has 2 fully saturated rings. The van der Waals surface area contributed by atoms with Crippen LogP contribution in [0.15, 0.2) is 36.4 Å². The first-order valence-electron chi connectivity index (χ1n) is 7.12. The first-order valence-corrected chi connectivity index (χ1v) is 7.12. The van der Waals surface area contributed by atoms with Crippen LogP contribution in [-0.4, -0.2) is 42.3 Å². The molecule has 6 heteroatoms. The Morgan fingerprint density at radius 1 is 1.32 bits per heavy atom. The molecule has 2 bridgehead atoms. The van der Waals surface area contributed by atoms with Crippen molar-refractivity contribution in [3.63, 3.8) is 0 Å². The number of methoxy groups -OCH3 is 1. The minimum Gasteiger partial charge on any atom is -0.495 e. The molecule has 0 radical (unpaired) electrons. The van der Waals surface area contributed by atoms with Gasteiger partial charge in [-0.25, -0.2) is 4.90 Å². The highest BCUT2D eigenvalue weighted by molar-refractivity contribution is 6.24. The van der Waals surface area contributed by atoms with E-state index in [4.69, 9.17) is 9.47 Å². The standard InChI is InChI=1S/C16H15NO5/c1-21-10-5-3-2-4-9(10)17-14(19)12-11-6-7-16(8-18,22-11)13(12)15(17)20/h2-7,11-13,18H,8H2,1H3/t11-,12-,13-,16+/m0/s1. The van der Waals surface area contributed by atoms with Gasteiger partial charge in [0.15, 0.2) is 0 Å². The number of aliphatic hydroxyl groups is 1. The highest BCUT2D eigenvalue weighted by Crippen LogP contribution is 2.52. The van der Waals surface area contributed by atoms with Crippen molar-refractivity contribution in [1.29, 1.82) is 0 Å². The van der Waals surface area contributed by atoms with Crippen molar-refractivity contribution in [2.24, 2.45) is 11.8 Å². The number of imide groups is 1. The first kappa shape index (κ1) is 13.5. The van der Waals surface area contributed by atoms with Crippen LogP contribution >= 0.6 is 0 Å². The molecule has 0 aromatic heterocycles. The maximum atomic E-state index is 12.8. The van der Waals surface area contributed by atoms with Crippen LogP contribution in [0.4, 0.5) is 5.69 Å². The average Bonchev–Trinajstić information content (AvgIpc) is 3.18. The van der Waals surface area contributed by atoms with Gasteiger partial charge in [-0.2, -0.15) is 0 Å². The summed E-state index contributed by atoms with van der Waals surface area (Å²) in [5, 5.41) is 9.67. The van der Waals surface area contributed by atoms with Crippen LogP contribution in [0.2, 0.25) is 0 Å². The van der Waals surface area contributed by atoms with Gasteiger partial charge in [0, 0.05) is 0 Å². The Hall–Kier alpha value is -2.18. The number of carbonyl (C=O) groups is 2. The van der Waals surface area contributed by atoms with Crippen molar-refractivity contribution in [2.75, 3.05) is 18.6 Å². The normalized spacial score (nSPS) is 35.4. The molecule has 22 heavy (non-hydrogen) atoms. The van der Waals surface area contributed by atoms with Gasteiger partial charge in [-0.05, 0) is 12.1 Å². The van der Waals surface area contributed by atoms with Crippen molar-refractivity contribution in [3.05, 3.63) is 36.4 Å². The van der Waals surface area contributed by atoms with Crippen molar-refractivity contribution < 1.29 is 24.2 Å². The molecule has 3 aliphatic heterocycles. The van der Waals surface area contributed by atoms with Gasteiger partial charge in [0.1, 0.15) is 11.4 Å². The highest BCUT2D eigenvalue weighted by Gasteiger charge is 2.67. The van der Waals surface area contributed by atoms with Crippen LogP contribution in [0.1, 0.15) is 0 Å². The van der Waals surface area contributed by atoms with Crippen LogP contribution in [0.5, 0.6) is 5.75 Å². The Morgan fingerprint density at radius 3 is 2.82 bits per heavy atom. The number of nitrogens with zero attached hydrogens (tertiary/aromatic N) is 1. The van der Waals surface area contributed by atoms with E-state index in [1.165, 1.54) is 12.0 Å². The number of amides is 2. The lowest BCUT2D eigenvalue weighted by atomic mass is 9.77. The molecule has 0 unspecified atom stereocenters. The summed E-state index contributed by atoms with van der Waals surface area (Å²) in [6.07, 6.45) is 3.01. The number of hydrogen-bond donors (Lipinski definition) is 1. The molecule has 1 N–H and O–H groups in total. The van der Waals surface area contributed by atoms with E-state index in [2.05, 4.69) is 0 Å². The molecule has 0 saturated carbocycles. The Kier molecular flexibility index (Phi) is 2.70. The molecule has 6 nitrogen and oxygen atoms in total. The van der Waals surface area contributed by atoms with E-state index in [0.29, 0.717) is 11.4 Å². The quantitative estimate of drug-likeness (QED) is 0.650. The number of ether oxygens (including phenoxy) is 2. The Bertz CT molecular complexity index is 700. The summed E-state index contributed by atoms with van der Waals surface area (Å²) in [5.41, 5.74) is -0.638. The van der Waals surface area contributed by atoms with E-state index < -0.39 is 23.5 Å². The summed E-state index contributed by atoms with van der Waals surface area (Å²) in [6.45, 7) is -0.319. The summed E-state index contributed by atoms with van der Waals surface area (Å²) in [5.74, 6) is -1.44. The minimum absolute atomic E-state index is 0.302. The minimum atomic E-state index is -1.07. The van der Waals surface area contributed by atoms with E-state index in [1.807, 2.05) is 0 Å². The number of fused-ring (bicyclic) bond motifs is 5. The maximum Gasteiger partial charge on any atom is 0.241 e. The van der Waals surface area contributed by atoms with Gasteiger partial charge in [-0.1, -0.05) is 24.3 Å². The molecule has 4 atom stereocenters. The lowest BCUT2D eigenvalue weighted by Gasteiger charge is -2.26. The van der Waals surface area contributed by atoms with Crippen LogP contribution in [-0.2, 0) is 14.3 Å². The number of benzene rings is 1. The molecular formula is C16H15NO5. The molecule has 2 saturated heterocycles. The SMILES string of the molecule is COc1ccccc1N1C(=O)[C@H]2[C@@H]3C=C[C@](CO)(O3)[C@@H]2C1=O. The fraction of sp³-hybridized carbons (Fsp3) is 0.375. The van der Waals surface area contributed by atoms with Crippen LogP contribution < -0.4 is 9.64 Å². The van der Waals surface area contributed by atoms with Crippen LogP contribution in [0.3, 0.4) is 0 Å². The summed E-state index contributed by atoms with van der Waals surface area (Å²) < 4.78 is 11.0.